The number of aliphatic carboxylic acids is 1. The van der Waals surface area contributed by atoms with Crippen molar-refractivity contribution in [2.45, 2.75) is 6.92 Å². The third-order valence-electron chi connectivity index (χ3n) is 0. The Labute approximate surface area is 87.7 Å². The minimum Gasteiger partial charge on any atom is -0.550 e. The molecule has 0 amide bonds. The SMILES string of the molecule is CC(=O)[O-].O=[N+]([O-])[O-].[Ag+].[Ag+]. The van der Waals surface area contributed by atoms with Crippen molar-refractivity contribution >= 4 is 5.97 Å². The van der Waals surface area contributed by atoms with Crippen LogP contribution < -0.4 is 5.11 Å². The van der Waals surface area contributed by atoms with E-state index < -0.39 is 11.1 Å². The molecule has 68 valence electrons. The molecule has 0 bridgehead atoms. The van der Waals surface area contributed by atoms with E-state index in [4.69, 9.17) is 25.2 Å². The average molecular weight is 337 g/mol. The summed E-state index contributed by atoms with van der Waals surface area (Å²) in [6.45, 7) is 0.972. The van der Waals surface area contributed by atoms with Crippen LogP contribution >= 0.6 is 0 Å². The number of nitrogens with zero attached hydrogens (tertiary/aromatic N) is 1. The molecule has 0 saturated carbocycles. The minimum atomic E-state index is -1.75. The van der Waals surface area contributed by atoms with Crippen LogP contribution in [-0.2, 0) is 49.6 Å². The van der Waals surface area contributed by atoms with Crippen LogP contribution in [0.2, 0.25) is 0 Å². The van der Waals surface area contributed by atoms with Crippen LogP contribution in [0.5, 0.6) is 0 Å². The van der Waals surface area contributed by atoms with Gasteiger partial charge in [0.15, 0.2) is 0 Å². The largest absolute Gasteiger partial charge is 1.00 e. The summed E-state index contributed by atoms with van der Waals surface area (Å²) >= 11 is 0. The number of hydrogen-bond donors (Lipinski definition) is 0. The van der Waals surface area contributed by atoms with Crippen LogP contribution in [0.3, 0.4) is 0 Å². The smallest absolute Gasteiger partial charge is 0.550 e. The molecule has 0 aliphatic rings. The van der Waals surface area contributed by atoms with Crippen LogP contribution in [0.15, 0.2) is 0 Å². The van der Waals surface area contributed by atoms with E-state index in [9.17, 15) is 0 Å². The summed E-state index contributed by atoms with van der Waals surface area (Å²) in [7, 11) is 0. The van der Waals surface area contributed by atoms with Crippen molar-refractivity contribution in [3.05, 3.63) is 15.3 Å². The standard InChI is InChI=1S/C2H4O2.2Ag.NO3/c1-2(3)4;;;2-1(3)4/h1H3,(H,3,4);;;/q;2*+1;-1/p-1. The molecule has 0 atom stereocenters. The number of carboxylic acids is 1. The molecule has 0 aromatic rings. The summed E-state index contributed by atoms with van der Waals surface area (Å²) in [5.41, 5.74) is 0. The van der Waals surface area contributed by atoms with Crippen molar-refractivity contribution in [2.24, 2.45) is 0 Å². The molecule has 0 rings (SSSR count). The molecule has 0 aromatic heterocycles. The van der Waals surface area contributed by atoms with E-state index in [1.165, 1.54) is 0 Å². The second-order valence-electron chi connectivity index (χ2n) is 0.715. The van der Waals surface area contributed by atoms with Gasteiger partial charge in [0.2, 0.25) is 0 Å². The van der Waals surface area contributed by atoms with Gasteiger partial charge < -0.3 is 25.2 Å². The Kier molecular flexibility index (Phi) is 36.1. The first-order valence-corrected chi connectivity index (χ1v) is 1.46. The molecule has 10 heavy (non-hydrogen) atoms. The Morgan fingerprint density at radius 1 is 1.30 bits per heavy atom. The van der Waals surface area contributed by atoms with Crippen LogP contribution in [0.25, 0.3) is 0 Å². The summed E-state index contributed by atoms with van der Waals surface area (Å²) in [6, 6.07) is 0. The van der Waals surface area contributed by atoms with Crippen molar-refractivity contribution in [2.75, 3.05) is 0 Å². The van der Waals surface area contributed by atoms with Crippen molar-refractivity contribution in [3.8, 4) is 0 Å². The van der Waals surface area contributed by atoms with Gasteiger partial charge in [-0.15, -0.1) is 0 Å². The van der Waals surface area contributed by atoms with Gasteiger partial charge in [-0.3, -0.25) is 0 Å². The van der Waals surface area contributed by atoms with E-state index in [0.29, 0.717) is 0 Å². The van der Waals surface area contributed by atoms with Gasteiger partial charge in [-0.1, -0.05) is 0 Å². The number of carboxylic acid groups (broad SMARTS) is 1. The number of carbonyl (C=O) groups is 1. The molecule has 6 nitrogen and oxygen atoms in total. The van der Waals surface area contributed by atoms with E-state index in [1.54, 1.807) is 0 Å². The zero-order valence-corrected chi connectivity index (χ0v) is 7.56. The fourth-order valence-electron chi connectivity index (χ4n) is 0. The second kappa shape index (κ2) is 16.1. The number of rotatable bonds is 0. The third-order valence-corrected chi connectivity index (χ3v) is 0. The summed E-state index contributed by atoms with van der Waals surface area (Å²) in [6.07, 6.45) is 0. The van der Waals surface area contributed by atoms with Gasteiger partial charge in [0.25, 0.3) is 0 Å². The van der Waals surface area contributed by atoms with E-state index in [2.05, 4.69) is 0 Å². The van der Waals surface area contributed by atoms with Gasteiger partial charge >= 0.3 is 44.8 Å². The fraction of sp³-hybridized carbons (Fsp3) is 0.500. The molecule has 0 N–H and O–H groups in total. The van der Waals surface area contributed by atoms with Crippen molar-refractivity contribution < 1.29 is 59.7 Å². The molecule has 0 fully saturated rings. The van der Waals surface area contributed by atoms with Gasteiger partial charge in [0.1, 0.15) is 0 Å². The quantitative estimate of drug-likeness (QED) is 0.304. The second-order valence-corrected chi connectivity index (χ2v) is 0.715. The zero-order valence-electron chi connectivity index (χ0n) is 4.59. The fourth-order valence-corrected chi connectivity index (χ4v) is 0. The maximum atomic E-state index is 8.89. The van der Waals surface area contributed by atoms with Crippen LogP contribution in [0.4, 0.5) is 0 Å². The van der Waals surface area contributed by atoms with Crippen LogP contribution in [0, 0.1) is 15.3 Å². The Bertz CT molecular complexity index is 75.6. The van der Waals surface area contributed by atoms with Gasteiger partial charge in [-0.25, -0.2) is 0 Å². The molecule has 0 aliphatic heterocycles. The van der Waals surface area contributed by atoms with Crippen molar-refractivity contribution in [3.63, 3.8) is 0 Å². The monoisotopic (exact) mass is 335 g/mol. The molecule has 0 heterocycles. The first-order valence-electron chi connectivity index (χ1n) is 1.46. The summed E-state index contributed by atoms with van der Waals surface area (Å²) in [4.78, 5) is 17.1. The maximum absolute atomic E-state index is 8.89. The molecular formula is C2H3Ag2NO5. The Morgan fingerprint density at radius 2 is 1.30 bits per heavy atom. The topological polar surface area (TPSA) is 106 Å². The molecule has 0 aliphatic carbocycles. The summed E-state index contributed by atoms with van der Waals surface area (Å²) < 4.78 is 0. The number of hydrogen-bond acceptors (Lipinski definition) is 5. The Balaban J connectivity index is -0.0000000300. The van der Waals surface area contributed by atoms with E-state index in [1.807, 2.05) is 0 Å². The van der Waals surface area contributed by atoms with E-state index in [-0.39, 0.29) is 44.8 Å². The predicted octanol–water partition coefficient (Wildman–Crippen LogP) is -1.49. The molecule has 0 spiro atoms. The van der Waals surface area contributed by atoms with E-state index in [0.717, 1.165) is 6.92 Å². The third kappa shape index (κ3) is 18400. The van der Waals surface area contributed by atoms with Gasteiger partial charge in [0, 0.05) is 5.97 Å². The molecule has 0 saturated heterocycles. The zero-order chi connectivity index (χ0) is 7.15. The maximum Gasteiger partial charge on any atom is 1.00 e. The minimum absolute atomic E-state index is 0. The molecule has 0 unspecified atom stereocenters. The molecule has 0 radical (unpaired) electrons. The predicted molar refractivity (Wildman–Crippen MR) is 21.0 cm³/mol. The van der Waals surface area contributed by atoms with Crippen molar-refractivity contribution in [1.82, 2.24) is 0 Å². The summed E-state index contributed by atoms with van der Waals surface area (Å²) in [5, 5.41) is 23.6. The Morgan fingerprint density at radius 3 is 1.30 bits per heavy atom. The molecule has 8 heteroatoms. The molecular weight excluding hydrogens is 334 g/mol. The van der Waals surface area contributed by atoms with Crippen LogP contribution in [-0.4, -0.2) is 11.1 Å². The first kappa shape index (κ1) is 22.5. The van der Waals surface area contributed by atoms with E-state index >= 15 is 0 Å². The van der Waals surface area contributed by atoms with Gasteiger partial charge in [-0.2, -0.15) is 0 Å². The average Bonchev–Trinajstić information content (AvgIpc) is 1.25. The first-order chi connectivity index (χ1) is 3.46. The van der Waals surface area contributed by atoms with Gasteiger partial charge in [-0.05, 0) is 6.92 Å². The summed E-state index contributed by atoms with van der Waals surface area (Å²) in [5.74, 6) is -1.08. The van der Waals surface area contributed by atoms with Crippen LogP contribution in [0.1, 0.15) is 6.92 Å². The van der Waals surface area contributed by atoms with Crippen molar-refractivity contribution in [1.29, 1.82) is 0 Å². The normalized spacial score (nSPS) is 4.90. The van der Waals surface area contributed by atoms with Gasteiger partial charge in [0.05, 0.1) is 5.09 Å². The number of carbonyl (C=O) groups excluding carboxylic acids is 1. The Hall–Kier alpha value is 0.151. The molecule has 0 aromatic carbocycles.